The third-order valence-electron chi connectivity index (χ3n) is 4.43. The number of nitrogens with one attached hydrogen (secondary N) is 1. The highest BCUT2D eigenvalue weighted by molar-refractivity contribution is 7.13. The normalized spacial score (nSPS) is 11.9. The van der Waals surface area contributed by atoms with Crippen LogP contribution in [-0.4, -0.2) is 15.7 Å². The molecule has 0 saturated carbocycles. The van der Waals surface area contributed by atoms with Gasteiger partial charge >= 0.3 is 0 Å². The summed E-state index contributed by atoms with van der Waals surface area (Å²) < 4.78 is 1.67. The molecular formula is C22H18ClN3OS. The van der Waals surface area contributed by atoms with E-state index in [9.17, 15) is 4.79 Å². The summed E-state index contributed by atoms with van der Waals surface area (Å²) in [6.07, 6.45) is 0. The predicted molar refractivity (Wildman–Crippen MR) is 114 cm³/mol. The summed E-state index contributed by atoms with van der Waals surface area (Å²) in [6.45, 7) is 1.97. The Balaban J connectivity index is 1.70. The average Bonchev–Trinajstić information content (AvgIpc) is 3.39. The number of rotatable bonds is 5. The number of halogens is 1. The number of hydrogen-bond acceptors (Lipinski definition) is 3. The van der Waals surface area contributed by atoms with Crippen molar-refractivity contribution < 1.29 is 4.79 Å². The minimum atomic E-state index is -0.179. The Bertz CT molecular complexity index is 1070. The fourth-order valence-electron chi connectivity index (χ4n) is 2.96. The van der Waals surface area contributed by atoms with Crippen LogP contribution in [0.3, 0.4) is 0 Å². The number of carbonyl (C=O) groups excluding carboxylic acids is 1. The third kappa shape index (κ3) is 3.86. The standard InChI is InChI=1S/C22H18ClN3OS/c1-15(16-6-3-2-4-7-16)24-22(27)20-14-19(21-8-5-13-28-21)25-26(20)18-11-9-17(23)10-12-18/h2-15H,1H3,(H,24,27)/t15-/m1/s1. The molecule has 0 saturated heterocycles. The van der Waals surface area contributed by atoms with E-state index in [0.717, 1.165) is 21.8 Å². The lowest BCUT2D eigenvalue weighted by Crippen LogP contribution is -2.28. The minimum Gasteiger partial charge on any atom is -0.344 e. The zero-order valence-corrected chi connectivity index (χ0v) is 16.7. The van der Waals surface area contributed by atoms with Crippen molar-refractivity contribution in [1.29, 1.82) is 0 Å². The van der Waals surface area contributed by atoms with Gasteiger partial charge in [0.25, 0.3) is 5.91 Å². The van der Waals surface area contributed by atoms with E-state index in [1.54, 1.807) is 28.2 Å². The smallest absolute Gasteiger partial charge is 0.270 e. The molecule has 4 aromatic rings. The molecule has 4 nitrogen and oxygen atoms in total. The Labute approximate surface area is 172 Å². The molecule has 0 spiro atoms. The van der Waals surface area contributed by atoms with Crippen molar-refractivity contribution in [3.05, 3.63) is 94.5 Å². The monoisotopic (exact) mass is 407 g/mol. The van der Waals surface area contributed by atoms with Gasteiger partial charge in [0, 0.05) is 5.02 Å². The van der Waals surface area contributed by atoms with Gasteiger partial charge < -0.3 is 5.32 Å². The second-order valence-corrected chi connectivity index (χ2v) is 7.77. The first-order chi connectivity index (χ1) is 13.6. The van der Waals surface area contributed by atoms with Crippen LogP contribution in [0.2, 0.25) is 5.02 Å². The molecule has 2 aromatic carbocycles. The van der Waals surface area contributed by atoms with Gasteiger partial charge in [-0.05, 0) is 54.3 Å². The van der Waals surface area contributed by atoms with E-state index in [1.165, 1.54) is 0 Å². The molecular weight excluding hydrogens is 390 g/mol. The Hall–Kier alpha value is -2.89. The molecule has 2 aromatic heterocycles. The summed E-state index contributed by atoms with van der Waals surface area (Å²) in [5.74, 6) is -0.179. The molecule has 0 radical (unpaired) electrons. The second kappa shape index (κ2) is 8.00. The Morgan fingerprint density at radius 1 is 1.07 bits per heavy atom. The van der Waals surface area contributed by atoms with Crippen molar-refractivity contribution in [1.82, 2.24) is 15.1 Å². The van der Waals surface area contributed by atoms with Gasteiger partial charge in [-0.3, -0.25) is 4.79 Å². The molecule has 6 heteroatoms. The van der Waals surface area contributed by atoms with E-state index in [4.69, 9.17) is 11.6 Å². The molecule has 4 rings (SSSR count). The summed E-state index contributed by atoms with van der Waals surface area (Å²) in [6, 6.07) is 22.8. The van der Waals surface area contributed by atoms with Crippen LogP contribution in [0.5, 0.6) is 0 Å². The molecule has 0 aliphatic carbocycles. The van der Waals surface area contributed by atoms with Crippen LogP contribution < -0.4 is 5.32 Å². The van der Waals surface area contributed by atoms with Gasteiger partial charge in [-0.15, -0.1) is 11.3 Å². The fourth-order valence-corrected chi connectivity index (χ4v) is 3.77. The summed E-state index contributed by atoms with van der Waals surface area (Å²) in [5.41, 5.74) is 3.08. The zero-order chi connectivity index (χ0) is 19.5. The first-order valence-electron chi connectivity index (χ1n) is 8.87. The van der Waals surface area contributed by atoms with Gasteiger partial charge in [0.05, 0.1) is 16.6 Å². The van der Waals surface area contributed by atoms with E-state index in [0.29, 0.717) is 10.7 Å². The van der Waals surface area contributed by atoms with Gasteiger partial charge in [-0.1, -0.05) is 48.0 Å². The molecule has 28 heavy (non-hydrogen) atoms. The van der Waals surface area contributed by atoms with Crippen LogP contribution in [0, 0.1) is 0 Å². The van der Waals surface area contributed by atoms with E-state index < -0.39 is 0 Å². The van der Waals surface area contributed by atoms with E-state index in [2.05, 4.69) is 10.4 Å². The van der Waals surface area contributed by atoms with Crippen molar-refractivity contribution in [3.8, 4) is 16.3 Å². The maximum atomic E-state index is 13.1. The molecule has 140 valence electrons. The van der Waals surface area contributed by atoms with Crippen molar-refractivity contribution in [2.75, 3.05) is 0 Å². The molecule has 0 aliphatic rings. The molecule has 0 bridgehead atoms. The van der Waals surface area contributed by atoms with Crippen LogP contribution in [-0.2, 0) is 0 Å². The average molecular weight is 408 g/mol. The maximum absolute atomic E-state index is 13.1. The topological polar surface area (TPSA) is 46.9 Å². The van der Waals surface area contributed by atoms with Crippen LogP contribution in [0.1, 0.15) is 29.0 Å². The van der Waals surface area contributed by atoms with Crippen LogP contribution >= 0.6 is 22.9 Å². The number of nitrogens with zero attached hydrogens (tertiary/aromatic N) is 2. The minimum absolute atomic E-state index is 0.118. The lowest BCUT2D eigenvalue weighted by atomic mass is 10.1. The molecule has 1 N–H and O–H groups in total. The van der Waals surface area contributed by atoms with Crippen molar-refractivity contribution in [3.63, 3.8) is 0 Å². The third-order valence-corrected chi connectivity index (χ3v) is 5.58. The van der Waals surface area contributed by atoms with Crippen LogP contribution in [0.15, 0.2) is 78.2 Å². The zero-order valence-electron chi connectivity index (χ0n) is 15.2. The lowest BCUT2D eigenvalue weighted by molar-refractivity contribution is 0.0932. The van der Waals surface area contributed by atoms with E-state index in [-0.39, 0.29) is 11.9 Å². The number of amides is 1. The lowest BCUT2D eigenvalue weighted by Gasteiger charge is -2.15. The summed E-state index contributed by atoms with van der Waals surface area (Å²) in [7, 11) is 0. The molecule has 0 aliphatic heterocycles. The second-order valence-electron chi connectivity index (χ2n) is 6.39. The first-order valence-corrected chi connectivity index (χ1v) is 10.1. The number of aromatic nitrogens is 2. The fraction of sp³-hybridized carbons (Fsp3) is 0.0909. The largest absolute Gasteiger partial charge is 0.344 e. The van der Waals surface area contributed by atoms with Crippen molar-refractivity contribution in [2.45, 2.75) is 13.0 Å². The molecule has 0 unspecified atom stereocenters. The highest BCUT2D eigenvalue weighted by Crippen LogP contribution is 2.26. The summed E-state index contributed by atoms with van der Waals surface area (Å²) in [4.78, 5) is 14.1. The van der Waals surface area contributed by atoms with Crippen LogP contribution in [0.25, 0.3) is 16.3 Å². The number of thiophene rings is 1. The molecule has 1 atom stereocenters. The Kier molecular flexibility index (Phi) is 5.28. The molecule has 2 heterocycles. The van der Waals surface area contributed by atoms with Crippen molar-refractivity contribution >= 4 is 28.8 Å². The van der Waals surface area contributed by atoms with Crippen LogP contribution in [0.4, 0.5) is 0 Å². The molecule has 0 fully saturated rings. The Morgan fingerprint density at radius 2 is 1.82 bits per heavy atom. The van der Waals surface area contributed by atoms with Gasteiger partial charge in [0.15, 0.2) is 0 Å². The van der Waals surface area contributed by atoms with Gasteiger partial charge in [0.2, 0.25) is 0 Å². The summed E-state index contributed by atoms with van der Waals surface area (Å²) >= 11 is 7.61. The Morgan fingerprint density at radius 3 is 2.50 bits per heavy atom. The highest BCUT2D eigenvalue weighted by Gasteiger charge is 2.20. The first kappa shape index (κ1) is 18.5. The van der Waals surface area contributed by atoms with E-state index in [1.807, 2.05) is 73.0 Å². The number of hydrogen-bond donors (Lipinski definition) is 1. The quantitative estimate of drug-likeness (QED) is 0.458. The number of benzene rings is 2. The van der Waals surface area contributed by atoms with Gasteiger partial charge in [0.1, 0.15) is 11.4 Å². The molecule has 1 amide bonds. The SMILES string of the molecule is C[C@@H](NC(=O)c1cc(-c2cccs2)nn1-c1ccc(Cl)cc1)c1ccccc1. The van der Waals surface area contributed by atoms with Crippen molar-refractivity contribution in [2.24, 2.45) is 0 Å². The van der Waals surface area contributed by atoms with E-state index >= 15 is 0 Å². The van der Waals surface area contributed by atoms with Gasteiger partial charge in [-0.25, -0.2) is 4.68 Å². The summed E-state index contributed by atoms with van der Waals surface area (Å²) in [5, 5.41) is 10.4. The van der Waals surface area contributed by atoms with Gasteiger partial charge in [-0.2, -0.15) is 5.10 Å². The maximum Gasteiger partial charge on any atom is 0.270 e. The number of carbonyl (C=O) groups is 1. The predicted octanol–water partition coefficient (Wildman–Crippen LogP) is 5.75. The highest BCUT2D eigenvalue weighted by atomic mass is 35.5.